The third-order valence-corrected chi connectivity index (χ3v) is 4.20. The molecule has 0 fully saturated rings. The summed E-state index contributed by atoms with van der Waals surface area (Å²) in [4.78, 5) is 28.4. The fourth-order valence-electron chi connectivity index (χ4n) is 2.84. The number of nitrogens with zero attached hydrogens (tertiary/aromatic N) is 7. The smallest absolute Gasteiger partial charge is 0.324 e. The van der Waals surface area contributed by atoms with Crippen LogP contribution in [0.2, 0.25) is 5.28 Å². The average molecular weight is 359 g/mol. The summed E-state index contributed by atoms with van der Waals surface area (Å²) in [6, 6.07) is 1.68. The standard InChI is InChI=1S/C15H15ClN8O/c1-2-3-4-7-23-12-10(19-14(16)20-12)13-22-21-11(24(13)15(23)25)9-5-6-17-8-18-9/h5-6,8H,2-4,7H2,1H3,(H,19,20). The van der Waals surface area contributed by atoms with Gasteiger partial charge in [-0.3, -0.25) is 4.57 Å². The molecule has 0 saturated heterocycles. The van der Waals surface area contributed by atoms with Crippen molar-refractivity contribution in [1.82, 2.24) is 39.1 Å². The van der Waals surface area contributed by atoms with E-state index in [4.69, 9.17) is 11.6 Å². The summed E-state index contributed by atoms with van der Waals surface area (Å²) in [5.41, 5.74) is 1.69. The van der Waals surface area contributed by atoms with E-state index < -0.39 is 0 Å². The van der Waals surface area contributed by atoms with E-state index in [1.807, 2.05) is 0 Å². The van der Waals surface area contributed by atoms with Crippen LogP contribution in [0, 0.1) is 0 Å². The Labute approximate surface area is 146 Å². The van der Waals surface area contributed by atoms with E-state index in [9.17, 15) is 4.79 Å². The Bertz CT molecular complexity index is 1100. The van der Waals surface area contributed by atoms with Crippen LogP contribution < -0.4 is 5.69 Å². The predicted octanol–water partition coefficient (Wildman–Crippen LogP) is 2.07. The second kappa shape index (κ2) is 6.25. The molecule has 0 aliphatic heterocycles. The molecule has 0 saturated carbocycles. The number of aromatic amines is 1. The van der Waals surface area contributed by atoms with E-state index in [0.29, 0.717) is 34.9 Å². The van der Waals surface area contributed by atoms with Gasteiger partial charge in [0.2, 0.25) is 5.28 Å². The van der Waals surface area contributed by atoms with E-state index in [-0.39, 0.29) is 11.0 Å². The topological polar surface area (TPSA) is 107 Å². The molecule has 0 aromatic carbocycles. The van der Waals surface area contributed by atoms with Crippen LogP contribution >= 0.6 is 11.6 Å². The molecule has 0 aliphatic rings. The van der Waals surface area contributed by atoms with Crippen molar-refractivity contribution < 1.29 is 0 Å². The third kappa shape index (κ3) is 2.56. The average Bonchev–Trinajstić information content (AvgIpc) is 3.22. The molecule has 0 atom stereocenters. The lowest BCUT2D eigenvalue weighted by atomic mass is 10.2. The zero-order valence-corrected chi connectivity index (χ0v) is 14.2. The minimum absolute atomic E-state index is 0.207. The monoisotopic (exact) mass is 358 g/mol. The van der Waals surface area contributed by atoms with Gasteiger partial charge in [0.1, 0.15) is 17.5 Å². The van der Waals surface area contributed by atoms with Crippen LogP contribution in [-0.4, -0.2) is 39.1 Å². The highest BCUT2D eigenvalue weighted by atomic mass is 35.5. The van der Waals surface area contributed by atoms with Crippen LogP contribution in [0.4, 0.5) is 0 Å². The molecule has 9 nitrogen and oxygen atoms in total. The highest BCUT2D eigenvalue weighted by Gasteiger charge is 2.20. The first-order valence-electron chi connectivity index (χ1n) is 8.00. The SMILES string of the molecule is CCCCCn1c(=O)n2c(-c3ccncn3)nnc2c2[nH]c(Cl)nc21. The summed E-state index contributed by atoms with van der Waals surface area (Å²) in [5, 5.41) is 8.49. The molecule has 10 heteroatoms. The number of aromatic nitrogens is 8. The number of nitrogens with one attached hydrogen (secondary N) is 1. The molecule has 4 rings (SSSR count). The van der Waals surface area contributed by atoms with Gasteiger partial charge >= 0.3 is 5.69 Å². The number of aryl methyl sites for hydroxylation is 1. The normalized spacial score (nSPS) is 11.6. The van der Waals surface area contributed by atoms with Crippen LogP contribution in [0.1, 0.15) is 26.2 Å². The predicted molar refractivity (Wildman–Crippen MR) is 92.5 cm³/mol. The molecule has 0 radical (unpaired) electrons. The molecular formula is C15H15ClN8O. The summed E-state index contributed by atoms with van der Waals surface area (Å²) in [6.07, 6.45) is 5.94. The number of halogens is 1. The van der Waals surface area contributed by atoms with Crippen molar-refractivity contribution in [1.29, 1.82) is 0 Å². The Kier molecular flexibility index (Phi) is 3.92. The van der Waals surface area contributed by atoms with Crippen LogP contribution in [-0.2, 0) is 6.54 Å². The zero-order chi connectivity index (χ0) is 17.4. The Morgan fingerprint density at radius 3 is 2.88 bits per heavy atom. The van der Waals surface area contributed by atoms with Gasteiger partial charge in [-0.05, 0) is 24.1 Å². The van der Waals surface area contributed by atoms with Gasteiger partial charge in [0.05, 0.1) is 0 Å². The minimum Gasteiger partial charge on any atom is -0.324 e. The Balaban J connectivity index is 2.02. The fraction of sp³-hybridized carbons (Fsp3) is 0.333. The first-order valence-corrected chi connectivity index (χ1v) is 8.38. The molecule has 0 amide bonds. The molecule has 4 heterocycles. The largest absolute Gasteiger partial charge is 0.337 e. The van der Waals surface area contributed by atoms with Gasteiger partial charge in [0.15, 0.2) is 17.1 Å². The lowest BCUT2D eigenvalue weighted by Crippen LogP contribution is -2.28. The molecule has 0 bridgehead atoms. The number of fused-ring (bicyclic) bond motifs is 3. The van der Waals surface area contributed by atoms with Gasteiger partial charge < -0.3 is 4.98 Å². The number of rotatable bonds is 5. The van der Waals surface area contributed by atoms with Crippen molar-refractivity contribution in [3.63, 3.8) is 0 Å². The maximum absolute atomic E-state index is 13.1. The van der Waals surface area contributed by atoms with Gasteiger partial charge in [0, 0.05) is 12.7 Å². The maximum Gasteiger partial charge on any atom is 0.337 e. The van der Waals surface area contributed by atoms with Crippen molar-refractivity contribution in [2.75, 3.05) is 0 Å². The van der Waals surface area contributed by atoms with Crippen molar-refractivity contribution in [3.05, 3.63) is 34.4 Å². The molecular weight excluding hydrogens is 344 g/mol. The molecule has 128 valence electrons. The Hall–Kier alpha value is -2.81. The van der Waals surface area contributed by atoms with E-state index in [2.05, 4.69) is 37.1 Å². The lowest BCUT2D eigenvalue weighted by Gasteiger charge is -2.08. The molecule has 4 aromatic heterocycles. The van der Waals surface area contributed by atoms with Gasteiger partial charge in [0.25, 0.3) is 0 Å². The first-order chi connectivity index (χ1) is 12.2. The Morgan fingerprint density at radius 1 is 1.24 bits per heavy atom. The summed E-state index contributed by atoms with van der Waals surface area (Å²) in [6.45, 7) is 2.65. The molecule has 0 spiro atoms. The first kappa shape index (κ1) is 15.7. The number of imidazole rings is 1. The van der Waals surface area contributed by atoms with Crippen LogP contribution in [0.25, 0.3) is 28.3 Å². The van der Waals surface area contributed by atoms with Crippen molar-refractivity contribution in [2.24, 2.45) is 0 Å². The van der Waals surface area contributed by atoms with Crippen molar-refractivity contribution >= 4 is 28.4 Å². The molecule has 0 aliphatic carbocycles. The van der Waals surface area contributed by atoms with Crippen molar-refractivity contribution in [3.8, 4) is 11.5 Å². The highest BCUT2D eigenvalue weighted by Crippen LogP contribution is 2.21. The van der Waals surface area contributed by atoms with E-state index in [1.165, 1.54) is 10.7 Å². The van der Waals surface area contributed by atoms with Crippen LogP contribution in [0.3, 0.4) is 0 Å². The maximum atomic E-state index is 13.1. The number of unbranched alkanes of at least 4 members (excludes halogenated alkanes) is 2. The van der Waals surface area contributed by atoms with Gasteiger partial charge in [-0.15, -0.1) is 10.2 Å². The quantitative estimate of drug-likeness (QED) is 0.432. The van der Waals surface area contributed by atoms with Gasteiger partial charge in [-0.2, -0.15) is 4.98 Å². The summed E-state index contributed by atoms with van der Waals surface area (Å²) < 4.78 is 3.04. The van der Waals surface area contributed by atoms with Crippen LogP contribution in [0.5, 0.6) is 0 Å². The number of hydrogen-bond acceptors (Lipinski definition) is 6. The molecule has 25 heavy (non-hydrogen) atoms. The number of H-pyrrole nitrogens is 1. The van der Waals surface area contributed by atoms with E-state index in [1.54, 1.807) is 16.8 Å². The number of hydrogen-bond donors (Lipinski definition) is 1. The summed E-state index contributed by atoms with van der Waals surface area (Å²) in [7, 11) is 0. The second-order valence-corrected chi connectivity index (χ2v) is 6.00. The zero-order valence-electron chi connectivity index (χ0n) is 13.5. The van der Waals surface area contributed by atoms with E-state index in [0.717, 1.165) is 19.3 Å². The summed E-state index contributed by atoms with van der Waals surface area (Å²) >= 11 is 6.03. The fourth-order valence-corrected chi connectivity index (χ4v) is 3.01. The summed E-state index contributed by atoms with van der Waals surface area (Å²) in [5.74, 6) is 0.360. The molecule has 4 aromatic rings. The van der Waals surface area contributed by atoms with Gasteiger partial charge in [-0.25, -0.2) is 19.2 Å². The Morgan fingerprint density at radius 2 is 2.12 bits per heavy atom. The van der Waals surface area contributed by atoms with E-state index >= 15 is 0 Å². The van der Waals surface area contributed by atoms with Crippen molar-refractivity contribution in [2.45, 2.75) is 32.7 Å². The highest BCUT2D eigenvalue weighted by molar-refractivity contribution is 6.29. The minimum atomic E-state index is -0.264. The van der Waals surface area contributed by atoms with Crippen LogP contribution in [0.15, 0.2) is 23.4 Å². The third-order valence-electron chi connectivity index (χ3n) is 4.02. The molecule has 1 N–H and O–H groups in total. The lowest BCUT2D eigenvalue weighted by molar-refractivity contribution is 0.586. The molecule has 0 unspecified atom stereocenters. The second-order valence-electron chi connectivity index (χ2n) is 5.64. The van der Waals surface area contributed by atoms with Gasteiger partial charge in [-0.1, -0.05) is 19.8 Å².